The summed E-state index contributed by atoms with van der Waals surface area (Å²) in [6.45, 7) is 7.21. The van der Waals surface area contributed by atoms with Crippen LogP contribution in [-0.4, -0.2) is 28.4 Å². The number of nitrogens with zero attached hydrogens (tertiary/aromatic N) is 2. The Bertz CT molecular complexity index is 1070. The van der Waals surface area contributed by atoms with Crippen molar-refractivity contribution in [1.82, 2.24) is 15.6 Å². The number of hydrogen-bond donors (Lipinski definition) is 3. The smallest absolute Gasteiger partial charge is 0.262 e. The summed E-state index contributed by atoms with van der Waals surface area (Å²) in [5.74, 6) is -0.196. The molecule has 182 valence electrons. The average molecular weight is 502 g/mol. The van der Waals surface area contributed by atoms with Gasteiger partial charge >= 0.3 is 0 Å². The van der Waals surface area contributed by atoms with E-state index in [0.29, 0.717) is 22.2 Å². The van der Waals surface area contributed by atoms with Crippen LogP contribution in [0.2, 0.25) is 5.02 Å². The Morgan fingerprint density at radius 2 is 2.03 bits per heavy atom. The highest BCUT2D eigenvalue weighted by Crippen LogP contribution is 2.30. The number of carbonyl (C=O) groups excluding carboxylic acids is 2. The van der Waals surface area contributed by atoms with Gasteiger partial charge in [0.1, 0.15) is 11.6 Å². The molecule has 3 N–H and O–H groups in total. The molecule has 0 radical (unpaired) electrons. The number of pyridine rings is 1. The SMILES string of the molecule is Cc1ncc(Cl)cc1N[C@@H](C)c1ccc(C(=O)N[C@@H](CC2CCCC2)C(=O)NC(C)(C)C#N)s1. The zero-order valence-corrected chi connectivity index (χ0v) is 21.6. The van der Waals surface area contributed by atoms with Gasteiger partial charge in [0, 0.05) is 11.1 Å². The molecule has 2 aromatic rings. The first-order chi connectivity index (χ1) is 16.1. The molecule has 2 atom stereocenters. The lowest BCUT2D eigenvalue weighted by molar-refractivity contribution is -0.124. The van der Waals surface area contributed by atoms with Crippen LogP contribution in [0.3, 0.4) is 0 Å². The molecule has 9 heteroatoms. The highest BCUT2D eigenvalue weighted by atomic mass is 35.5. The molecule has 1 aliphatic carbocycles. The maximum Gasteiger partial charge on any atom is 0.262 e. The second kappa shape index (κ2) is 11.2. The Morgan fingerprint density at radius 1 is 1.32 bits per heavy atom. The van der Waals surface area contributed by atoms with E-state index in [0.717, 1.165) is 41.9 Å². The molecule has 1 aliphatic rings. The number of amides is 2. The summed E-state index contributed by atoms with van der Waals surface area (Å²) in [6, 6.07) is 6.87. The zero-order chi connectivity index (χ0) is 24.9. The maximum atomic E-state index is 13.1. The van der Waals surface area contributed by atoms with E-state index in [1.165, 1.54) is 11.3 Å². The molecule has 1 fully saturated rings. The fourth-order valence-electron chi connectivity index (χ4n) is 4.13. The van der Waals surface area contributed by atoms with Gasteiger partial charge < -0.3 is 16.0 Å². The third-order valence-corrected chi connectivity index (χ3v) is 7.56. The average Bonchev–Trinajstić information content (AvgIpc) is 3.48. The van der Waals surface area contributed by atoms with E-state index in [2.05, 4.69) is 27.0 Å². The van der Waals surface area contributed by atoms with Crippen LogP contribution in [0.1, 0.15) is 79.2 Å². The molecule has 3 rings (SSSR count). The summed E-state index contributed by atoms with van der Waals surface area (Å²) in [5.41, 5.74) is 0.680. The van der Waals surface area contributed by atoms with Gasteiger partial charge in [0.05, 0.1) is 33.4 Å². The Labute approximate surface area is 210 Å². The molecule has 0 spiro atoms. The molecule has 0 aromatic carbocycles. The number of aryl methyl sites for hydroxylation is 1. The van der Waals surface area contributed by atoms with Gasteiger partial charge in [0.25, 0.3) is 5.91 Å². The van der Waals surface area contributed by atoms with Crippen molar-refractivity contribution in [2.24, 2.45) is 5.92 Å². The molecule has 0 saturated heterocycles. The van der Waals surface area contributed by atoms with Crippen molar-refractivity contribution in [1.29, 1.82) is 5.26 Å². The lowest BCUT2D eigenvalue weighted by Gasteiger charge is -2.25. The second-order valence-electron chi connectivity index (χ2n) is 9.49. The minimum atomic E-state index is -1.000. The molecule has 0 bridgehead atoms. The first-order valence-corrected chi connectivity index (χ1v) is 12.8. The number of anilines is 1. The van der Waals surface area contributed by atoms with E-state index in [9.17, 15) is 14.9 Å². The van der Waals surface area contributed by atoms with Crippen molar-refractivity contribution in [3.63, 3.8) is 0 Å². The fraction of sp³-hybridized carbons (Fsp3) is 0.520. The number of carbonyl (C=O) groups is 2. The first-order valence-electron chi connectivity index (χ1n) is 11.6. The molecule has 1 saturated carbocycles. The highest BCUT2D eigenvalue weighted by Gasteiger charge is 2.30. The summed E-state index contributed by atoms with van der Waals surface area (Å²) < 4.78 is 0. The summed E-state index contributed by atoms with van der Waals surface area (Å²) in [4.78, 5) is 31.8. The summed E-state index contributed by atoms with van der Waals surface area (Å²) in [6.07, 6.45) is 6.61. The Hall–Kier alpha value is -2.63. The minimum Gasteiger partial charge on any atom is -0.376 e. The van der Waals surface area contributed by atoms with Crippen LogP contribution in [0.5, 0.6) is 0 Å². The number of halogens is 1. The highest BCUT2D eigenvalue weighted by molar-refractivity contribution is 7.14. The van der Waals surface area contributed by atoms with Crippen molar-refractivity contribution >= 4 is 40.4 Å². The molecule has 2 aromatic heterocycles. The molecule has 34 heavy (non-hydrogen) atoms. The number of nitriles is 1. The lowest BCUT2D eigenvalue weighted by Crippen LogP contribution is -2.53. The van der Waals surface area contributed by atoms with Gasteiger partial charge in [-0.25, -0.2) is 0 Å². The number of hydrogen-bond acceptors (Lipinski definition) is 6. The van der Waals surface area contributed by atoms with Crippen molar-refractivity contribution < 1.29 is 9.59 Å². The quantitative estimate of drug-likeness (QED) is 0.428. The van der Waals surface area contributed by atoms with Crippen LogP contribution in [-0.2, 0) is 4.79 Å². The first kappa shape index (κ1) is 26.0. The lowest BCUT2D eigenvalue weighted by atomic mass is 9.96. The Balaban J connectivity index is 1.69. The zero-order valence-electron chi connectivity index (χ0n) is 20.1. The predicted octanol–water partition coefficient (Wildman–Crippen LogP) is 5.38. The van der Waals surface area contributed by atoms with Crippen molar-refractivity contribution in [2.45, 2.75) is 77.4 Å². The van der Waals surface area contributed by atoms with Gasteiger partial charge in [-0.1, -0.05) is 37.3 Å². The van der Waals surface area contributed by atoms with Gasteiger partial charge in [-0.2, -0.15) is 5.26 Å². The molecule has 7 nitrogen and oxygen atoms in total. The van der Waals surface area contributed by atoms with Crippen LogP contribution in [0.25, 0.3) is 0 Å². The fourth-order valence-corrected chi connectivity index (χ4v) is 5.20. The van der Waals surface area contributed by atoms with Crippen LogP contribution in [0.4, 0.5) is 5.69 Å². The summed E-state index contributed by atoms with van der Waals surface area (Å²) in [5, 5.41) is 18.9. The molecule has 2 amide bonds. The monoisotopic (exact) mass is 501 g/mol. The molecule has 0 aliphatic heterocycles. The van der Waals surface area contributed by atoms with Crippen molar-refractivity contribution in [2.75, 3.05) is 5.32 Å². The minimum absolute atomic E-state index is 0.0560. The molecular weight excluding hydrogens is 470 g/mol. The Morgan fingerprint density at radius 3 is 2.71 bits per heavy atom. The topological polar surface area (TPSA) is 107 Å². The van der Waals surface area contributed by atoms with E-state index in [-0.39, 0.29) is 17.9 Å². The number of thiophene rings is 1. The second-order valence-corrected chi connectivity index (χ2v) is 11.0. The number of rotatable bonds is 9. The predicted molar refractivity (Wildman–Crippen MR) is 136 cm³/mol. The van der Waals surface area contributed by atoms with Crippen molar-refractivity contribution in [3.05, 3.63) is 44.9 Å². The normalized spacial score (nSPS) is 15.9. The van der Waals surface area contributed by atoms with E-state index in [1.54, 1.807) is 26.1 Å². The largest absolute Gasteiger partial charge is 0.376 e. The van der Waals surface area contributed by atoms with Gasteiger partial charge in [-0.15, -0.1) is 11.3 Å². The number of nitrogens with one attached hydrogen (secondary N) is 3. The van der Waals surface area contributed by atoms with Crippen LogP contribution >= 0.6 is 22.9 Å². The van der Waals surface area contributed by atoms with Crippen LogP contribution < -0.4 is 16.0 Å². The summed E-state index contributed by atoms with van der Waals surface area (Å²) >= 11 is 7.45. The summed E-state index contributed by atoms with van der Waals surface area (Å²) in [7, 11) is 0. The molecule has 0 unspecified atom stereocenters. The standard InChI is InChI=1S/C25H32ClN5O2S/c1-15-19(12-18(26)13-28-15)29-16(2)21-9-10-22(34-21)24(33)30-20(11-17-7-5-6-8-17)23(32)31-25(3,4)14-27/h9-10,12-13,16-17,20,29H,5-8,11H2,1-4H3,(H,30,33)(H,31,32)/t16-,20-/m0/s1. The molecular formula is C25H32ClN5O2S. The van der Waals surface area contributed by atoms with E-state index in [4.69, 9.17) is 11.6 Å². The van der Waals surface area contributed by atoms with Crippen LogP contribution in [0, 0.1) is 24.2 Å². The van der Waals surface area contributed by atoms with E-state index in [1.807, 2.05) is 26.0 Å². The van der Waals surface area contributed by atoms with Gasteiger partial charge in [0.2, 0.25) is 5.91 Å². The van der Waals surface area contributed by atoms with E-state index < -0.39 is 11.6 Å². The molecule has 2 heterocycles. The Kier molecular flexibility index (Phi) is 8.56. The van der Waals surface area contributed by atoms with Gasteiger partial charge in [-0.05, 0) is 58.2 Å². The third-order valence-electron chi connectivity index (χ3n) is 6.08. The number of aromatic nitrogens is 1. The van der Waals surface area contributed by atoms with E-state index >= 15 is 0 Å². The van der Waals surface area contributed by atoms with Crippen molar-refractivity contribution in [3.8, 4) is 6.07 Å². The van der Waals surface area contributed by atoms with Gasteiger partial charge in [0.15, 0.2) is 0 Å². The van der Waals surface area contributed by atoms with Gasteiger partial charge in [-0.3, -0.25) is 14.6 Å². The third kappa shape index (κ3) is 6.94. The maximum absolute atomic E-state index is 13.1. The van der Waals surface area contributed by atoms with Crippen LogP contribution in [0.15, 0.2) is 24.4 Å².